The summed E-state index contributed by atoms with van der Waals surface area (Å²) in [5.41, 5.74) is 5.29. The third-order valence-corrected chi connectivity index (χ3v) is 2.36. The molecule has 0 bridgehead atoms. The summed E-state index contributed by atoms with van der Waals surface area (Å²) >= 11 is 0. The van der Waals surface area contributed by atoms with Crippen LogP contribution < -0.4 is 15.8 Å². The van der Waals surface area contributed by atoms with Crippen LogP contribution in [0.25, 0.3) is 0 Å². The van der Waals surface area contributed by atoms with Crippen molar-refractivity contribution in [3.05, 3.63) is 5.89 Å². The zero-order chi connectivity index (χ0) is 12.0. The van der Waals surface area contributed by atoms with E-state index in [1.807, 2.05) is 0 Å². The minimum atomic E-state index is -3.11. The third kappa shape index (κ3) is 5.05. The fraction of sp³-hybridized carbons (Fsp3) is 0.714. The number of aromatic nitrogens is 2. The van der Waals surface area contributed by atoms with Gasteiger partial charge in [0.1, 0.15) is 0 Å². The van der Waals surface area contributed by atoms with Crippen LogP contribution in [0.4, 0.5) is 6.01 Å². The smallest absolute Gasteiger partial charge is 0.315 e. The van der Waals surface area contributed by atoms with E-state index in [4.69, 9.17) is 10.2 Å². The maximum Gasteiger partial charge on any atom is 0.315 e. The van der Waals surface area contributed by atoms with Gasteiger partial charge < -0.3 is 15.5 Å². The molecule has 1 aromatic heterocycles. The molecule has 4 N–H and O–H groups in total. The van der Waals surface area contributed by atoms with Gasteiger partial charge in [0, 0.05) is 13.1 Å². The highest BCUT2D eigenvalue weighted by Crippen LogP contribution is 2.03. The van der Waals surface area contributed by atoms with E-state index in [0.717, 1.165) is 6.26 Å². The van der Waals surface area contributed by atoms with Crippen LogP contribution in [0.15, 0.2) is 4.42 Å². The topological polar surface area (TPSA) is 123 Å². The lowest BCUT2D eigenvalue weighted by atomic mass is 10.4. The minimum absolute atomic E-state index is 0.199. The van der Waals surface area contributed by atoms with E-state index in [2.05, 4.69) is 20.2 Å². The molecule has 1 aromatic rings. The lowest BCUT2D eigenvalue weighted by Crippen LogP contribution is -2.24. The summed E-state index contributed by atoms with van der Waals surface area (Å²) in [6.07, 6.45) is 1.74. The number of sulfonamides is 1. The largest absolute Gasteiger partial charge is 0.407 e. The number of nitrogens with one attached hydrogen (secondary N) is 2. The lowest BCUT2D eigenvalue weighted by molar-refractivity contribution is 0.506. The van der Waals surface area contributed by atoms with Crippen molar-refractivity contribution in [2.24, 2.45) is 5.73 Å². The Morgan fingerprint density at radius 2 is 2.12 bits per heavy atom. The summed E-state index contributed by atoms with van der Waals surface area (Å²) in [4.78, 5) is 0. The number of hydrogen-bond donors (Lipinski definition) is 3. The molecule has 1 heterocycles. The molecule has 0 radical (unpaired) electrons. The highest BCUT2D eigenvalue weighted by atomic mass is 32.2. The first kappa shape index (κ1) is 12.9. The van der Waals surface area contributed by atoms with Crippen molar-refractivity contribution in [2.45, 2.75) is 13.0 Å². The van der Waals surface area contributed by atoms with Gasteiger partial charge in [-0.15, -0.1) is 5.10 Å². The predicted molar refractivity (Wildman–Crippen MR) is 58.1 cm³/mol. The fourth-order valence-electron chi connectivity index (χ4n) is 0.949. The van der Waals surface area contributed by atoms with Gasteiger partial charge in [-0.05, 0) is 6.42 Å². The van der Waals surface area contributed by atoms with E-state index < -0.39 is 10.0 Å². The summed E-state index contributed by atoms with van der Waals surface area (Å²) in [6, 6.07) is 0.291. The summed E-state index contributed by atoms with van der Waals surface area (Å²) in [6.45, 7) is 1.10. The van der Waals surface area contributed by atoms with Gasteiger partial charge in [0.2, 0.25) is 15.9 Å². The van der Waals surface area contributed by atoms with Gasteiger partial charge in [0.25, 0.3) is 0 Å². The van der Waals surface area contributed by atoms with Crippen molar-refractivity contribution in [3.8, 4) is 0 Å². The molecule has 9 heteroatoms. The lowest BCUT2D eigenvalue weighted by Gasteiger charge is -2.02. The molecule has 0 saturated heterocycles. The second-order valence-electron chi connectivity index (χ2n) is 3.15. The van der Waals surface area contributed by atoms with Gasteiger partial charge in [0.05, 0.1) is 12.8 Å². The Labute approximate surface area is 93.7 Å². The Balaban J connectivity index is 2.16. The Morgan fingerprint density at radius 1 is 1.38 bits per heavy atom. The molecule has 0 amide bonds. The molecule has 16 heavy (non-hydrogen) atoms. The standard InChI is InChI=1S/C7H15N5O3S/c1-16(13,14)10-4-2-3-9-7-12-11-6(5-8)15-7/h10H,2-5,8H2,1H3,(H,9,12). The molecule has 0 fully saturated rings. The summed E-state index contributed by atoms with van der Waals surface area (Å²) < 4.78 is 28.9. The van der Waals surface area contributed by atoms with Crippen molar-refractivity contribution < 1.29 is 12.8 Å². The van der Waals surface area contributed by atoms with Gasteiger partial charge >= 0.3 is 6.01 Å². The van der Waals surface area contributed by atoms with Crippen LogP contribution in [-0.2, 0) is 16.6 Å². The molecule has 0 aliphatic heterocycles. The maximum absolute atomic E-state index is 10.7. The van der Waals surface area contributed by atoms with Crippen molar-refractivity contribution in [3.63, 3.8) is 0 Å². The van der Waals surface area contributed by atoms with E-state index >= 15 is 0 Å². The van der Waals surface area contributed by atoms with E-state index in [1.165, 1.54) is 0 Å². The number of nitrogens with zero attached hydrogens (tertiary/aromatic N) is 2. The van der Waals surface area contributed by atoms with Crippen LogP contribution in [0.3, 0.4) is 0 Å². The Kier molecular flexibility index (Phi) is 4.65. The zero-order valence-electron chi connectivity index (χ0n) is 8.93. The first-order valence-corrected chi connectivity index (χ1v) is 6.61. The SMILES string of the molecule is CS(=O)(=O)NCCCNc1nnc(CN)o1. The van der Waals surface area contributed by atoms with Crippen LogP contribution in [0.5, 0.6) is 0 Å². The van der Waals surface area contributed by atoms with Crippen molar-refractivity contribution in [1.29, 1.82) is 0 Å². The molecule has 0 aromatic carbocycles. The van der Waals surface area contributed by atoms with Gasteiger partial charge in [-0.3, -0.25) is 0 Å². The van der Waals surface area contributed by atoms with Crippen LogP contribution in [0.2, 0.25) is 0 Å². The van der Waals surface area contributed by atoms with E-state index in [1.54, 1.807) is 0 Å². The predicted octanol–water partition coefficient (Wildman–Crippen LogP) is -1.12. The number of anilines is 1. The second-order valence-corrected chi connectivity index (χ2v) is 4.98. The van der Waals surface area contributed by atoms with Crippen LogP contribution in [0.1, 0.15) is 12.3 Å². The number of rotatable bonds is 7. The van der Waals surface area contributed by atoms with E-state index in [-0.39, 0.29) is 6.54 Å². The highest BCUT2D eigenvalue weighted by Gasteiger charge is 2.03. The van der Waals surface area contributed by atoms with Gasteiger partial charge in [-0.2, -0.15) is 0 Å². The minimum Gasteiger partial charge on any atom is -0.407 e. The number of nitrogens with two attached hydrogens (primary N) is 1. The average Bonchev–Trinajstić information content (AvgIpc) is 2.63. The molecule has 0 unspecified atom stereocenters. The Hall–Kier alpha value is -1.19. The molecule has 92 valence electrons. The molecule has 0 atom stereocenters. The molecule has 0 aliphatic rings. The van der Waals surface area contributed by atoms with Crippen LogP contribution in [-0.4, -0.2) is 38.0 Å². The first-order valence-electron chi connectivity index (χ1n) is 4.72. The van der Waals surface area contributed by atoms with E-state index in [9.17, 15) is 8.42 Å². The maximum atomic E-state index is 10.7. The van der Waals surface area contributed by atoms with E-state index in [0.29, 0.717) is 31.4 Å². The molecule has 0 aliphatic carbocycles. The zero-order valence-corrected chi connectivity index (χ0v) is 9.75. The van der Waals surface area contributed by atoms with Crippen molar-refractivity contribution in [1.82, 2.24) is 14.9 Å². The fourth-order valence-corrected chi connectivity index (χ4v) is 1.46. The quantitative estimate of drug-likeness (QED) is 0.523. The average molecular weight is 249 g/mol. The summed E-state index contributed by atoms with van der Waals surface area (Å²) in [7, 11) is -3.11. The van der Waals surface area contributed by atoms with Gasteiger partial charge in [0.15, 0.2) is 0 Å². The van der Waals surface area contributed by atoms with Crippen LogP contribution in [0, 0.1) is 0 Å². The second kappa shape index (κ2) is 5.77. The Morgan fingerprint density at radius 3 is 2.69 bits per heavy atom. The van der Waals surface area contributed by atoms with Crippen molar-refractivity contribution in [2.75, 3.05) is 24.7 Å². The van der Waals surface area contributed by atoms with Gasteiger partial charge in [-0.1, -0.05) is 5.10 Å². The van der Waals surface area contributed by atoms with Gasteiger partial charge in [-0.25, -0.2) is 13.1 Å². The third-order valence-electron chi connectivity index (χ3n) is 1.64. The molecule has 1 rings (SSSR count). The van der Waals surface area contributed by atoms with Crippen LogP contribution >= 0.6 is 0 Å². The molecule has 0 spiro atoms. The molecular formula is C7H15N5O3S. The summed E-state index contributed by atoms with van der Waals surface area (Å²) in [5.74, 6) is 0.358. The monoisotopic (exact) mass is 249 g/mol. The highest BCUT2D eigenvalue weighted by molar-refractivity contribution is 7.88. The normalized spacial score (nSPS) is 11.6. The first-order chi connectivity index (χ1) is 7.51. The van der Waals surface area contributed by atoms with Crippen molar-refractivity contribution >= 4 is 16.0 Å². The summed E-state index contributed by atoms with van der Waals surface area (Å²) in [5, 5.41) is 10.2. The molecular weight excluding hydrogens is 234 g/mol. The number of hydrogen-bond acceptors (Lipinski definition) is 7. The molecule has 0 saturated carbocycles. The molecule has 8 nitrogen and oxygen atoms in total. The Bertz CT molecular complexity index is 415.